The lowest BCUT2D eigenvalue weighted by Gasteiger charge is -2.09. The van der Waals surface area contributed by atoms with E-state index in [0.717, 1.165) is 16.9 Å². The molecule has 140 valence electrons. The van der Waals surface area contributed by atoms with Gasteiger partial charge in [0.2, 0.25) is 5.91 Å². The molecule has 0 fully saturated rings. The third-order valence-corrected chi connectivity index (χ3v) is 3.56. The summed E-state index contributed by atoms with van der Waals surface area (Å²) >= 11 is 0. The molecular formula is C20H27IN4O. The largest absolute Gasteiger partial charge is 0.370 e. The van der Waals surface area contributed by atoms with E-state index in [1.165, 1.54) is 5.56 Å². The van der Waals surface area contributed by atoms with Gasteiger partial charge in [0.15, 0.2) is 5.96 Å². The molecule has 26 heavy (non-hydrogen) atoms. The fraction of sp³-hybridized carbons (Fsp3) is 0.300. The van der Waals surface area contributed by atoms with E-state index in [0.29, 0.717) is 24.8 Å². The molecule has 0 atom stereocenters. The maximum atomic E-state index is 11.9. The summed E-state index contributed by atoms with van der Waals surface area (Å²) in [5.74, 6) is 0.717. The summed E-state index contributed by atoms with van der Waals surface area (Å²) in [7, 11) is 0. The first-order chi connectivity index (χ1) is 11.9. The summed E-state index contributed by atoms with van der Waals surface area (Å²) < 4.78 is 0. The second-order valence-corrected chi connectivity index (χ2v) is 6.54. The summed E-state index contributed by atoms with van der Waals surface area (Å²) in [6.07, 6.45) is 0.510. The topological polar surface area (TPSA) is 79.5 Å². The summed E-state index contributed by atoms with van der Waals surface area (Å²) in [6.45, 7) is 6.52. The van der Waals surface area contributed by atoms with Gasteiger partial charge in [0.05, 0.1) is 6.54 Å². The zero-order valence-electron chi connectivity index (χ0n) is 15.5. The molecule has 4 N–H and O–H groups in total. The second kappa shape index (κ2) is 10.8. The van der Waals surface area contributed by atoms with Crippen molar-refractivity contribution in [3.05, 3.63) is 59.7 Å². The fourth-order valence-corrected chi connectivity index (χ4v) is 2.33. The molecule has 1 amide bonds. The molecule has 2 aromatic rings. The van der Waals surface area contributed by atoms with Crippen molar-refractivity contribution in [2.75, 3.05) is 10.6 Å². The summed E-state index contributed by atoms with van der Waals surface area (Å²) in [5.41, 5.74) is 9.79. The van der Waals surface area contributed by atoms with Crippen molar-refractivity contribution >= 4 is 47.2 Å². The van der Waals surface area contributed by atoms with Gasteiger partial charge in [-0.1, -0.05) is 43.7 Å². The van der Waals surface area contributed by atoms with Crippen molar-refractivity contribution in [2.24, 2.45) is 16.6 Å². The van der Waals surface area contributed by atoms with E-state index in [-0.39, 0.29) is 29.9 Å². The minimum atomic E-state index is 0. The molecule has 0 aliphatic carbocycles. The number of hydrogen-bond donors (Lipinski definition) is 3. The molecule has 0 unspecified atom stereocenters. The highest BCUT2D eigenvalue weighted by atomic mass is 127. The van der Waals surface area contributed by atoms with Crippen LogP contribution in [-0.2, 0) is 11.3 Å². The molecule has 0 saturated carbocycles. The number of carbonyl (C=O) groups excluding carboxylic acids is 1. The van der Waals surface area contributed by atoms with Crippen LogP contribution in [0.5, 0.6) is 0 Å². The smallest absolute Gasteiger partial charge is 0.224 e. The number of amides is 1. The van der Waals surface area contributed by atoms with E-state index in [1.807, 2.05) is 69.3 Å². The van der Waals surface area contributed by atoms with Gasteiger partial charge in [-0.05, 0) is 42.7 Å². The minimum absolute atomic E-state index is 0. The number of halogens is 1. The van der Waals surface area contributed by atoms with Crippen molar-refractivity contribution in [1.82, 2.24) is 0 Å². The number of guanidine groups is 1. The predicted molar refractivity (Wildman–Crippen MR) is 120 cm³/mol. The number of carbonyl (C=O) groups is 1. The lowest BCUT2D eigenvalue weighted by atomic mass is 10.1. The van der Waals surface area contributed by atoms with Gasteiger partial charge in [-0.2, -0.15) is 0 Å². The number of aryl methyl sites for hydroxylation is 1. The molecule has 2 aromatic carbocycles. The van der Waals surface area contributed by atoms with E-state index in [4.69, 9.17) is 5.73 Å². The average Bonchev–Trinajstić information content (AvgIpc) is 2.55. The molecule has 2 rings (SSSR count). The Balaban J connectivity index is 0.00000338. The number of rotatable bonds is 6. The lowest BCUT2D eigenvalue weighted by molar-refractivity contribution is -0.116. The van der Waals surface area contributed by atoms with Gasteiger partial charge in [0, 0.05) is 17.8 Å². The molecule has 0 saturated heterocycles. The van der Waals surface area contributed by atoms with Crippen LogP contribution < -0.4 is 16.4 Å². The van der Waals surface area contributed by atoms with E-state index in [9.17, 15) is 4.79 Å². The normalized spacial score (nSPS) is 11.0. The Hall–Kier alpha value is -2.09. The highest BCUT2D eigenvalue weighted by molar-refractivity contribution is 14.0. The zero-order valence-corrected chi connectivity index (χ0v) is 17.8. The SMILES string of the molecule is Cc1ccc(NC(N)=NCc2cccc(NC(=O)CC(C)C)c2)cc1.I. The maximum absolute atomic E-state index is 11.9. The zero-order chi connectivity index (χ0) is 18.2. The van der Waals surface area contributed by atoms with E-state index < -0.39 is 0 Å². The van der Waals surface area contributed by atoms with Gasteiger partial charge in [0.25, 0.3) is 0 Å². The quantitative estimate of drug-likeness (QED) is 0.333. The highest BCUT2D eigenvalue weighted by Gasteiger charge is 2.05. The van der Waals surface area contributed by atoms with Crippen LogP contribution in [0.25, 0.3) is 0 Å². The third kappa shape index (κ3) is 7.86. The van der Waals surface area contributed by atoms with Crippen molar-refractivity contribution in [3.63, 3.8) is 0 Å². The molecule has 0 aromatic heterocycles. The van der Waals surface area contributed by atoms with E-state index in [2.05, 4.69) is 15.6 Å². The van der Waals surface area contributed by atoms with Gasteiger partial charge in [-0.3, -0.25) is 4.79 Å². The number of anilines is 2. The molecule has 5 nitrogen and oxygen atoms in total. The molecule has 0 aliphatic heterocycles. The van der Waals surface area contributed by atoms with Crippen LogP contribution in [0.1, 0.15) is 31.4 Å². The second-order valence-electron chi connectivity index (χ2n) is 6.54. The van der Waals surface area contributed by atoms with Crippen LogP contribution in [-0.4, -0.2) is 11.9 Å². The summed E-state index contributed by atoms with van der Waals surface area (Å²) in [4.78, 5) is 16.2. The summed E-state index contributed by atoms with van der Waals surface area (Å²) in [6, 6.07) is 15.6. The van der Waals surface area contributed by atoms with E-state index in [1.54, 1.807) is 0 Å². The highest BCUT2D eigenvalue weighted by Crippen LogP contribution is 2.13. The molecule has 0 heterocycles. The maximum Gasteiger partial charge on any atom is 0.224 e. The predicted octanol–water partition coefficient (Wildman–Crippen LogP) is 4.52. The number of nitrogens with two attached hydrogens (primary N) is 1. The molecule has 0 spiro atoms. The van der Waals surface area contributed by atoms with Crippen LogP contribution in [0.2, 0.25) is 0 Å². The van der Waals surface area contributed by atoms with Crippen molar-refractivity contribution in [3.8, 4) is 0 Å². The van der Waals surface area contributed by atoms with Crippen LogP contribution in [0.4, 0.5) is 11.4 Å². The first-order valence-electron chi connectivity index (χ1n) is 8.45. The Bertz CT molecular complexity index is 742. The first-order valence-corrected chi connectivity index (χ1v) is 8.45. The van der Waals surface area contributed by atoms with Crippen LogP contribution in [0.15, 0.2) is 53.5 Å². The standard InChI is InChI=1S/C20H26N4O.HI/c1-14(2)11-19(25)23-18-6-4-5-16(12-18)13-22-20(21)24-17-9-7-15(3)8-10-17;/h4-10,12,14H,11,13H2,1-3H3,(H,23,25)(H3,21,22,24);1H. The van der Waals surface area contributed by atoms with Crippen molar-refractivity contribution in [1.29, 1.82) is 0 Å². The molecule has 0 bridgehead atoms. The minimum Gasteiger partial charge on any atom is -0.370 e. The van der Waals surface area contributed by atoms with Crippen LogP contribution in [0, 0.1) is 12.8 Å². The Kier molecular flexibility index (Phi) is 9.12. The summed E-state index contributed by atoms with van der Waals surface area (Å²) in [5, 5.41) is 5.98. The molecule has 6 heteroatoms. The van der Waals surface area contributed by atoms with Gasteiger partial charge >= 0.3 is 0 Å². The van der Waals surface area contributed by atoms with Crippen LogP contribution >= 0.6 is 24.0 Å². The van der Waals surface area contributed by atoms with Gasteiger partial charge in [-0.25, -0.2) is 4.99 Å². The van der Waals surface area contributed by atoms with Crippen molar-refractivity contribution in [2.45, 2.75) is 33.7 Å². The Morgan fingerprint density at radius 3 is 2.42 bits per heavy atom. The number of hydrogen-bond acceptors (Lipinski definition) is 2. The molecule has 0 radical (unpaired) electrons. The number of nitrogens with one attached hydrogen (secondary N) is 2. The van der Waals surface area contributed by atoms with Crippen molar-refractivity contribution < 1.29 is 4.79 Å². The fourth-order valence-electron chi connectivity index (χ4n) is 2.33. The molecular weight excluding hydrogens is 439 g/mol. The number of nitrogens with zero attached hydrogens (tertiary/aromatic N) is 1. The monoisotopic (exact) mass is 466 g/mol. The Labute approximate surface area is 172 Å². The third-order valence-electron chi connectivity index (χ3n) is 3.56. The Morgan fingerprint density at radius 2 is 1.77 bits per heavy atom. The first kappa shape index (κ1) is 22.0. The number of aliphatic imine (C=N–C) groups is 1. The molecule has 0 aliphatic rings. The number of benzene rings is 2. The lowest BCUT2D eigenvalue weighted by Crippen LogP contribution is -2.22. The average molecular weight is 466 g/mol. The van der Waals surface area contributed by atoms with Gasteiger partial charge < -0.3 is 16.4 Å². The van der Waals surface area contributed by atoms with Gasteiger partial charge in [-0.15, -0.1) is 24.0 Å². The van der Waals surface area contributed by atoms with Crippen LogP contribution in [0.3, 0.4) is 0 Å². The Morgan fingerprint density at radius 1 is 1.08 bits per heavy atom. The van der Waals surface area contributed by atoms with E-state index >= 15 is 0 Å². The van der Waals surface area contributed by atoms with Gasteiger partial charge in [0.1, 0.15) is 0 Å².